The first-order chi connectivity index (χ1) is 7.90. The minimum absolute atomic E-state index is 0.560. The summed E-state index contributed by atoms with van der Waals surface area (Å²) in [6.45, 7) is 3.24. The lowest BCUT2D eigenvalue weighted by Crippen LogP contribution is -1.96. The van der Waals surface area contributed by atoms with Crippen LogP contribution in [0.4, 0.5) is 0 Å². The molecule has 0 fully saturated rings. The SMILES string of the molecule is CCOCc1cccc(-c2cccnc2)n1. The summed E-state index contributed by atoms with van der Waals surface area (Å²) in [5.74, 6) is 0. The van der Waals surface area contributed by atoms with Crippen LogP contribution in [0.5, 0.6) is 0 Å². The molecular formula is C13H14N2O. The van der Waals surface area contributed by atoms with E-state index < -0.39 is 0 Å². The summed E-state index contributed by atoms with van der Waals surface area (Å²) in [7, 11) is 0. The van der Waals surface area contributed by atoms with Gasteiger partial charge < -0.3 is 4.74 Å². The van der Waals surface area contributed by atoms with Crippen molar-refractivity contribution in [2.45, 2.75) is 13.5 Å². The summed E-state index contributed by atoms with van der Waals surface area (Å²) in [6, 6.07) is 9.84. The Balaban J connectivity index is 2.22. The van der Waals surface area contributed by atoms with Gasteiger partial charge in [0.15, 0.2) is 0 Å². The molecule has 2 aromatic rings. The number of rotatable bonds is 4. The summed E-state index contributed by atoms with van der Waals surface area (Å²) < 4.78 is 5.33. The van der Waals surface area contributed by atoms with Crippen molar-refractivity contribution in [1.29, 1.82) is 0 Å². The molecule has 0 aromatic carbocycles. The molecule has 0 aliphatic carbocycles. The van der Waals surface area contributed by atoms with Crippen molar-refractivity contribution in [2.24, 2.45) is 0 Å². The van der Waals surface area contributed by atoms with Gasteiger partial charge in [-0.1, -0.05) is 6.07 Å². The van der Waals surface area contributed by atoms with Crippen LogP contribution in [-0.2, 0) is 11.3 Å². The Morgan fingerprint density at radius 1 is 1.19 bits per heavy atom. The maximum Gasteiger partial charge on any atom is 0.0887 e. The summed E-state index contributed by atoms with van der Waals surface area (Å²) in [6.07, 6.45) is 3.57. The number of nitrogens with zero attached hydrogens (tertiary/aromatic N) is 2. The highest BCUT2D eigenvalue weighted by atomic mass is 16.5. The van der Waals surface area contributed by atoms with Gasteiger partial charge in [-0.05, 0) is 31.2 Å². The third-order valence-corrected chi connectivity index (χ3v) is 2.22. The fraction of sp³-hybridized carbons (Fsp3) is 0.231. The molecule has 0 bridgehead atoms. The van der Waals surface area contributed by atoms with Gasteiger partial charge in [-0.2, -0.15) is 0 Å². The average molecular weight is 214 g/mol. The monoisotopic (exact) mass is 214 g/mol. The lowest BCUT2D eigenvalue weighted by Gasteiger charge is -2.04. The van der Waals surface area contributed by atoms with Crippen molar-refractivity contribution < 1.29 is 4.74 Å². The molecule has 3 heteroatoms. The van der Waals surface area contributed by atoms with Crippen LogP contribution in [0.1, 0.15) is 12.6 Å². The van der Waals surface area contributed by atoms with E-state index in [0.717, 1.165) is 17.0 Å². The van der Waals surface area contributed by atoms with Crippen LogP contribution < -0.4 is 0 Å². The molecule has 0 saturated carbocycles. The van der Waals surface area contributed by atoms with Gasteiger partial charge in [0, 0.05) is 24.6 Å². The quantitative estimate of drug-likeness (QED) is 0.784. The lowest BCUT2D eigenvalue weighted by atomic mass is 10.2. The second-order valence-electron chi connectivity index (χ2n) is 3.39. The predicted octanol–water partition coefficient (Wildman–Crippen LogP) is 2.68. The molecule has 0 amide bonds. The summed E-state index contributed by atoms with van der Waals surface area (Å²) in [4.78, 5) is 8.60. The first kappa shape index (κ1) is 10.8. The Morgan fingerprint density at radius 3 is 2.88 bits per heavy atom. The molecule has 0 N–H and O–H groups in total. The topological polar surface area (TPSA) is 35.0 Å². The van der Waals surface area contributed by atoms with Crippen LogP contribution in [0.2, 0.25) is 0 Å². The molecule has 0 radical (unpaired) electrons. The maximum absolute atomic E-state index is 5.33. The Kier molecular flexibility index (Phi) is 3.62. The van der Waals surface area contributed by atoms with Gasteiger partial charge in [0.25, 0.3) is 0 Å². The molecule has 0 spiro atoms. The van der Waals surface area contributed by atoms with Crippen molar-refractivity contribution in [3.05, 3.63) is 48.4 Å². The largest absolute Gasteiger partial charge is 0.375 e. The molecule has 0 atom stereocenters. The van der Waals surface area contributed by atoms with Gasteiger partial charge in [-0.25, -0.2) is 0 Å². The van der Waals surface area contributed by atoms with E-state index in [1.165, 1.54) is 0 Å². The fourth-order valence-electron chi connectivity index (χ4n) is 1.44. The van der Waals surface area contributed by atoms with Crippen LogP contribution in [0.15, 0.2) is 42.7 Å². The van der Waals surface area contributed by atoms with Crippen molar-refractivity contribution >= 4 is 0 Å². The molecule has 0 aliphatic heterocycles. The smallest absolute Gasteiger partial charge is 0.0887 e. The molecule has 2 rings (SSSR count). The third-order valence-electron chi connectivity index (χ3n) is 2.22. The summed E-state index contributed by atoms with van der Waals surface area (Å²) >= 11 is 0. The van der Waals surface area contributed by atoms with E-state index in [9.17, 15) is 0 Å². The first-order valence-electron chi connectivity index (χ1n) is 5.34. The van der Waals surface area contributed by atoms with Gasteiger partial charge in [0.2, 0.25) is 0 Å². The van der Waals surface area contributed by atoms with E-state index in [1.807, 2.05) is 43.5 Å². The Labute approximate surface area is 95.1 Å². The number of hydrogen-bond donors (Lipinski definition) is 0. The van der Waals surface area contributed by atoms with Gasteiger partial charge in [0.05, 0.1) is 18.0 Å². The van der Waals surface area contributed by atoms with Crippen molar-refractivity contribution in [3.8, 4) is 11.3 Å². The Morgan fingerprint density at radius 2 is 2.12 bits per heavy atom. The van der Waals surface area contributed by atoms with Gasteiger partial charge >= 0.3 is 0 Å². The number of pyridine rings is 2. The molecule has 3 nitrogen and oxygen atoms in total. The van der Waals surface area contributed by atoms with Crippen LogP contribution in [0.25, 0.3) is 11.3 Å². The van der Waals surface area contributed by atoms with E-state index in [4.69, 9.17) is 4.74 Å². The predicted molar refractivity (Wildman–Crippen MR) is 62.8 cm³/mol. The molecule has 2 aromatic heterocycles. The minimum atomic E-state index is 0.560. The van der Waals surface area contributed by atoms with Crippen LogP contribution in [0, 0.1) is 0 Å². The van der Waals surface area contributed by atoms with Crippen LogP contribution >= 0.6 is 0 Å². The normalized spacial score (nSPS) is 10.3. The van der Waals surface area contributed by atoms with Crippen LogP contribution in [-0.4, -0.2) is 16.6 Å². The van der Waals surface area contributed by atoms with E-state index >= 15 is 0 Å². The number of hydrogen-bond acceptors (Lipinski definition) is 3. The highest BCUT2D eigenvalue weighted by molar-refractivity contribution is 5.57. The lowest BCUT2D eigenvalue weighted by molar-refractivity contribution is 0.131. The third kappa shape index (κ3) is 2.64. The molecule has 0 saturated heterocycles. The maximum atomic E-state index is 5.33. The van der Waals surface area contributed by atoms with Crippen LogP contribution in [0.3, 0.4) is 0 Å². The molecule has 0 unspecified atom stereocenters. The van der Waals surface area contributed by atoms with E-state index in [2.05, 4.69) is 9.97 Å². The molecule has 82 valence electrons. The first-order valence-corrected chi connectivity index (χ1v) is 5.34. The minimum Gasteiger partial charge on any atom is -0.375 e. The molecular weight excluding hydrogens is 200 g/mol. The standard InChI is InChI=1S/C13H14N2O/c1-2-16-10-12-6-3-7-13(15-12)11-5-4-8-14-9-11/h3-9H,2,10H2,1H3. The molecule has 0 aliphatic rings. The molecule has 2 heterocycles. The van der Waals surface area contributed by atoms with Gasteiger partial charge in [0.1, 0.15) is 0 Å². The second kappa shape index (κ2) is 5.37. The van der Waals surface area contributed by atoms with Gasteiger partial charge in [-0.3, -0.25) is 9.97 Å². The van der Waals surface area contributed by atoms with E-state index in [0.29, 0.717) is 13.2 Å². The summed E-state index contributed by atoms with van der Waals surface area (Å²) in [5.41, 5.74) is 2.91. The second-order valence-corrected chi connectivity index (χ2v) is 3.39. The average Bonchev–Trinajstić information content (AvgIpc) is 2.38. The number of ether oxygens (including phenoxy) is 1. The Hall–Kier alpha value is -1.74. The Bertz CT molecular complexity index is 443. The fourth-order valence-corrected chi connectivity index (χ4v) is 1.44. The number of aromatic nitrogens is 2. The van der Waals surface area contributed by atoms with Gasteiger partial charge in [-0.15, -0.1) is 0 Å². The zero-order valence-electron chi connectivity index (χ0n) is 9.26. The highest BCUT2D eigenvalue weighted by Crippen LogP contribution is 2.15. The zero-order chi connectivity index (χ0) is 11.2. The zero-order valence-corrected chi connectivity index (χ0v) is 9.26. The van der Waals surface area contributed by atoms with Crippen molar-refractivity contribution in [3.63, 3.8) is 0 Å². The highest BCUT2D eigenvalue weighted by Gasteiger charge is 2.00. The van der Waals surface area contributed by atoms with E-state index in [1.54, 1.807) is 6.20 Å². The van der Waals surface area contributed by atoms with Crippen molar-refractivity contribution in [2.75, 3.05) is 6.61 Å². The summed E-state index contributed by atoms with van der Waals surface area (Å²) in [5, 5.41) is 0. The molecule has 16 heavy (non-hydrogen) atoms. The van der Waals surface area contributed by atoms with Crippen molar-refractivity contribution in [1.82, 2.24) is 9.97 Å². The van der Waals surface area contributed by atoms with E-state index in [-0.39, 0.29) is 0 Å².